The zero-order valence-corrected chi connectivity index (χ0v) is 5.75. The molecule has 2 N–H and O–H groups in total. The number of ether oxygens (including phenoxy) is 1. The maximum atomic E-state index is 9.99. The average Bonchev–Trinajstić information content (AvgIpc) is 1.87. The van der Waals surface area contributed by atoms with E-state index in [1.807, 2.05) is 6.08 Å². The Kier molecular flexibility index (Phi) is 5.14. The summed E-state index contributed by atoms with van der Waals surface area (Å²) in [6, 6.07) is 0. The molecule has 0 radical (unpaired) electrons. The van der Waals surface area contributed by atoms with E-state index >= 15 is 0 Å². The topological polar surface area (TPSA) is 52.3 Å². The maximum absolute atomic E-state index is 9.99. The third kappa shape index (κ3) is 6.75. The zero-order chi connectivity index (χ0) is 7.82. The predicted octanol–water partition coefficient (Wildman–Crippen LogP) is 1.21. The van der Waals surface area contributed by atoms with Crippen molar-refractivity contribution >= 4 is 6.09 Å². The Bertz CT molecular complexity index is 141. The molecule has 0 aliphatic heterocycles. The first-order chi connectivity index (χ1) is 4.77. The SMILES string of the molecule is C=C/C=C/CCOC(N)=O. The van der Waals surface area contributed by atoms with Crippen LogP contribution < -0.4 is 5.73 Å². The van der Waals surface area contributed by atoms with Crippen LogP contribution in [-0.4, -0.2) is 12.7 Å². The number of amides is 1. The molecule has 10 heavy (non-hydrogen) atoms. The van der Waals surface area contributed by atoms with Crippen molar-refractivity contribution in [3.8, 4) is 0 Å². The van der Waals surface area contributed by atoms with Gasteiger partial charge in [0.1, 0.15) is 0 Å². The second-order valence-electron chi connectivity index (χ2n) is 1.62. The number of rotatable bonds is 4. The van der Waals surface area contributed by atoms with Gasteiger partial charge in [0.2, 0.25) is 0 Å². The van der Waals surface area contributed by atoms with E-state index in [4.69, 9.17) is 5.73 Å². The fourth-order valence-electron chi connectivity index (χ4n) is 0.420. The minimum absolute atomic E-state index is 0.333. The lowest BCUT2D eigenvalue weighted by Crippen LogP contribution is -2.13. The fourth-order valence-corrected chi connectivity index (χ4v) is 0.420. The van der Waals surface area contributed by atoms with Gasteiger partial charge in [-0.05, 0) is 6.42 Å². The summed E-state index contributed by atoms with van der Waals surface area (Å²) in [5.41, 5.74) is 4.70. The normalized spacial score (nSPS) is 9.60. The van der Waals surface area contributed by atoms with Gasteiger partial charge in [0.25, 0.3) is 0 Å². The first kappa shape index (κ1) is 8.75. The number of hydrogen-bond acceptors (Lipinski definition) is 2. The standard InChI is InChI=1S/C7H11NO2/c1-2-3-4-5-6-10-7(8)9/h2-4H,1,5-6H2,(H2,8,9)/b4-3+. The van der Waals surface area contributed by atoms with E-state index < -0.39 is 6.09 Å². The number of allylic oxidation sites excluding steroid dienone is 2. The molecule has 0 aromatic rings. The van der Waals surface area contributed by atoms with E-state index in [9.17, 15) is 4.79 Å². The molecular formula is C7H11NO2. The molecule has 0 saturated heterocycles. The maximum Gasteiger partial charge on any atom is 0.404 e. The van der Waals surface area contributed by atoms with Gasteiger partial charge in [-0.15, -0.1) is 0 Å². The molecule has 0 saturated carbocycles. The molecule has 0 bridgehead atoms. The molecule has 0 unspecified atom stereocenters. The number of nitrogens with two attached hydrogens (primary N) is 1. The third-order valence-electron chi connectivity index (χ3n) is 0.801. The van der Waals surface area contributed by atoms with Crippen LogP contribution in [-0.2, 0) is 4.74 Å². The lowest BCUT2D eigenvalue weighted by Gasteiger charge is -1.94. The zero-order valence-electron chi connectivity index (χ0n) is 5.75. The van der Waals surface area contributed by atoms with Crippen molar-refractivity contribution in [1.82, 2.24) is 0 Å². The van der Waals surface area contributed by atoms with E-state index in [1.54, 1.807) is 12.2 Å². The molecule has 0 heterocycles. The van der Waals surface area contributed by atoms with Crippen molar-refractivity contribution in [3.05, 3.63) is 24.8 Å². The number of primary amides is 1. The molecule has 3 nitrogen and oxygen atoms in total. The molecule has 0 aromatic carbocycles. The lowest BCUT2D eigenvalue weighted by atomic mass is 10.4. The Labute approximate surface area is 60.2 Å². The Hall–Kier alpha value is -1.25. The van der Waals surface area contributed by atoms with E-state index in [1.165, 1.54) is 0 Å². The van der Waals surface area contributed by atoms with Crippen molar-refractivity contribution in [2.45, 2.75) is 6.42 Å². The average molecular weight is 141 g/mol. The highest BCUT2D eigenvalue weighted by Gasteiger charge is 1.88. The molecule has 0 fully saturated rings. The molecule has 56 valence electrons. The van der Waals surface area contributed by atoms with Crippen LogP contribution in [0, 0.1) is 0 Å². The van der Waals surface area contributed by atoms with Gasteiger partial charge in [-0.25, -0.2) is 4.79 Å². The summed E-state index contributed by atoms with van der Waals surface area (Å²) < 4.78 is 4.44. The van der Waals surface area contributed by atoms with Crippen LogP contribution in [0.3, 0.4) is 0 Å². The Morgan fingerprint density at radius 3 is 2.90 bits per heavy atom. The van der Waals surface area contributed by atoms with Crippen LogP contribution in [0.2, 0.25) is 0 Å². The first-order valence-electron chi connectivity index (χ1n) is 2.97. The van der Waals surface area contributed by atoms with Gasteiger partial charge in [-0.1, -0.05) is 24.8 Å². The summed E-state index contributed by atoms with van der Waals surface area (Å²) in [5, 5.41) is 0. The van der Waals surface area contributed by atoms with Crippen LogP contribution in [0.4, 0.5) is 4.79 Å². The molecule has 0 atom stereocenters. The minimum atomic E-state index is -0.730. The van der Waals surface area contributed by atoms with E-state index in [-0.39, 0.29) is 0 Å². The monoisotopic (exact) mass is 141 g/mol. The molecule has 0 aliphatic rings. The molecule has 0 aliphatic carbocycles. The molecule has 3 heteroatoms. The quantitative estimate of drug-likeness (QED) is 0.472. The molecule has 0 rings (SSSR count). The third-order valence-corrected chi connectivity index (χ3v) is 0.801. The van der Waals surface area contributed by atoms with Crippen LogP contribution in [0.1, 0.15) is 6.42 Å². The van der Waals surface area contributed by atoms with Crippen LogP contribution in [0.5, 0.6) is 0 Å². The highest BCUT2D eigenvalue weighted by Crippen LogP contribution is 1.84. The van der Waals surface area contributed by atoms with Gasteiger partial charge < -0.3 is 10.5 Å². The summed E-state index contributed by atoms with van der Waals surface area (Å²) in [6.07, 6.45) is 5.23. The van der Waals surface area contributed by atoms with E-state index in [0.29, 0.717) is 13.0 Å². The molecule has 0 spiro atoms. The van der Waals surface area contributed by atoms with Crippen molar-refractivity contribution in [3.63, 3.8) is 0 Å². The van der Waals surface area contributed by atoms with Gasteiger partial charge in [-0.2, -0.15) is 0 Å². The Morgan fingerprint density at radius 2 is 2.40 bits per heavy atom. The largest absolute Gasteiger partial charge is 0.449 e. The van der Waals surface area contributed by atoms with Crippen molar-refractivity contribution in [2.75, 3.05) is 6.61 Å². The van der Waals surface area contributed by atoms with Crippen LogP contribution >= 0.6 is 0 Å². The first-order valence-corrected chi connectivity index (χ1v) is 2.97. The number of carbonyl (C=O) groups excluding carboxylic acids is 1. The van der Waals surface area contributed by atoms with Crippen LogP contribution in [0.25, 0.3) is 0 Å². The smallest absolute Gasteiger partial charge is 0.404 e. The second kappa shape index (κ2) is 5.88. The summed E-state index contributed by atoms with van der Waals surface area (Å²) in [5.74, 6) is 0. The lowest BCUT2D eigenvalue weighted by molar-refractivity contribution is 0.159. The summed E-state index contributed by atoms with van der Waals surface area (Å²) >= 11 is 0. The van der Waals surface area contributed by atoms with Crippen molar-refractivity contribution in [1.29, 1.82) is 0 Å². The molecular weight excluding hydrogens is 130 g/mol. The van der Waals surface area contributed by atoms with Gasteiger partial charge in [0.15, 0.2) is 0 Å². The number of carbonyl (C=O) groups is 1. The summed E-state index contributed by atoms with van der Waals surface area (Å²) in [4.78, 5) is 9.99. The highest BCUT2D eigenvalue weighted by atomic mass is 16.5. The molecule has 1 amide bonds. The number of hydrogen-bond donors (Lipinski definition) is 1. The van der Waals surface area contributed by atoms with Gasteiger partial charge in [0, 0.05) is 0 Å². The Morgan fingerprint density at radius 1 is 1.70 bits per heavy atom. The van der Waals surface area contributed by atoms with Gasteiger partial charge >= 0.3 is 6.09 Å². The van der Waals surface area contributed by atoms with E-state index in [2.05, 4.69) is 11.3 Å². The van der Waals surface area contributed by atoms with Gasteiger partial charge in [0.05, 0.1) is 6.61 Å². The minimum Gasteiger partial charge on any atom is -0.449 e. The van der Waals surface area contributed by atoms with Crippen molar-refractivity contribution < 1.29 is 9.53 Å². The highest BCUT2D eigenvalue weighted by molar-refractivity contribution is 5.64. The predicted molar refractivity (Wildman–Crippen MR) is 39.5 cm³/mol. The van der Waals surface area contributed by atoms with Crippen molar-refractivity contribution in [2.24, 2.45) is 5.73 Å². The van der Waals surface area contributed by atoms with Gasteiger partial charge in [-0.3, -0.25) is 0 Å². The molecule has 0 aromatic heterocycles. The second-order valence-corrected chi connectivity index (χ2v) is 1.62. The summed E-state index contributed by atoms with van der Waals surface area (Å²) in [6.45, 7) is 3.81. The Balaban J connectivity index is 3.12. The fraction of sp³-hybridized carbons (Fsp3) is 0.286. The van der Waals surface area contributed by atoms with E-state index in [0.717, 1.165) is 0 Å². The summed E-state index contributed by atoms with van der Waals surface area (Å²) in [7, 11) is 0. The van der Waals surface area contributed by atoms with Crippen LogP contribution in [0.15, 0.2) is 24.8 Å².